The van der Waals surface area contributed by atoms with Crippen LogP contribution in [0.2, 0.25) is 5.02 Å². The number of fused-ring (bicyclic) bond motifs is 2. The summed E-state index contributed by atoms with van der Waals surface area (Å²) in [7, 11) is 0. The first-order chi connectivity index (χ1) is 13.6. The number of pyridine rings is 1. The zero-order valence-corrected chi connectivity index (χ0v) is 16.4. The van der Waals surface area contributed by atoms with Crippen LogP contribution in [0.15, 0.2) is 36.4 Å². The molecule has 3 N–H and O–H groups in total. The summed E-state index contributed by atoms with van der Waals surface area (Å²) in [6.45, 7) is 3.53. The lowest BCUT2D eigenvalue weighted by Crippen LogP contribution is -2.43. The summed E-state index contributed by atoms with van der Waals surface area (Å²) in [5.74, 6) is -0.0973. The number of nitrogen functional groups attached to an aromatic ring is 1. The summed E-state index contributed by atoms with van der Waals surface area (Å²) >= 11 is 7.92. The smallest absolute Gasteiger partial charge is 0.159 e. The molecular weight excluding hydrogens is 409 g/mol. The summed E-state index contributed by atoms with van der Waals surface area (Å²) in [6.07, 6.45) is 0. The molecule has 5 nitrogen and oxygen atoms in total. The van der Waals surface area contributed by atoms with Crippen molar-refractivity contribution in [3.05, 3.63) is 47.2 Å². The van der Waals surface area contributed by atoms with Gasteiger partial charge in [-0.25, -0.2) is 9.37 Å². The van der Waals surface area contributed by atoms with Crippen LogP contribution in [0.4, 0.5) is 15.2 Å². The van der Waals surface area contributed by atoms with Crippen molar-refractivity contribution >= 4 is 55.8 Å². The van der Waals surface area contributed by atoms with Crippen molar-refractivity contribution in [3.63, 3.8) is 0 Å². The van der Waals surface area contributed by atoms with Gasteiger partial charge < -0.3 is 16.0 Å². The maximum absolute atomic E-state index is 15.6. The molecule has 4 aromatic rings. The number of nitrogens with two attached hydrogens (primary N) is 1. The Morgan fingerprint density at radius 2 is 1.90 bits per heavy atom. The van der Waals surface area contributed by atoms with Crippen LogP contribution in [0.5, 0.6) is 0 Å². The predicted molar refractivity (Wildman–Crippen MR) is 122 cm³/mol. The molecule has 1 aliphatic rings. The highest BCUT2D eigenvalue weighted by atomic mass is 35.5. The summed E-state index contributed by atoms with van der Waals surface area (Å²) < 4.78 is 20.0. The Morgan fingerprint density at radius 1 is 1.14 bits per heavy atom. The van der Waals surface area contributed by atoms with E-state index in [0.29, 0.717) is 33.0 Å². The number of para-hydroxylation sites is 1. The van der Waals surface area contributed by atoms with Gasteiger partial charge in [-0.3, -0.25) is 0 Å². The molecule has 1 aliphatic heterocycles. The van der Waals surface area contributed by atoms with Crippen LogP contribution in [0, 0.1) is 5.82 Å². The molecule has 0 bridgehead atoms. The molecule has 0 saturated carbocycles. The monoisotopic (exact) mass is 429 g/mol. The first kappa shape index (κ1) is 19.8. The maximum atomic E-state index is 15.6. The SMILES string of the molecule is C.Nc1cc(-c2c(Cl)cc3c(N4CCNCC4)snc3c2F)c2ccccc2n1. The molecular formula is C21H21ClFN5S. The lowest BCUT2D eigenvalue weighted by molar-refractivity contribution is 0.592. The minimum atomic E-state index is -0.420. The number of halogens is 2. The maximum Gasteiger partial charge on any atom is 0.159 e. The van der Waals surface area contributed by atoms with Gasteiger partial charge in [-0.15, -0.1) is 0 Å². The number of nitrogens with one attached hydrogen (secondary N) is 1. The van der Waals surface area contributed by atoms with Crippen molar-refractivity contribution in [2.24, 2.45) is 0 Å². The molecule has 3 heterocycles. The molecule has 29 heavy (non-hydrogen) atoms. The number of benzene rings is 2. The molecule has 0 aliphatic carbocycles. The van der Waals surface area contributed by atoms with Gasteiger partial charge in [0.05, 0.1) is 10.5 Å². The lowest BCUT2D eigenvalue weighted by Gasteiger charge is -2.28. The van der Waals surface area contributed by atoms with Crippen molar-refractivity contribution in [2.75, 3.05) is 36.8 Å². The van der Waals surface area contributed by atoms with Gasteiger partial charge in [-0.2, -0.15) is 4.37 Å². The molecule has 1 fully saturated rings. The minimum absolute atomic E-state index is 0. The van der Waals surface area contributed by atoms with Crippen LogP contribution in [0.3, 0.4) is 0 Å². The van der Waals surface area contributed by atoms with Crippen LogP contribution in [-0.2, 0) is 0 Å². The second-order valence-corrected chi connectivity index (χ2v) is 7.94. The van der Waals surface area contributed by atoms with E-state index >= 15 is 4.39 Å². The number of nitrogens with zero attached hydrogens (tertiary/aromatic N) is 3. The Bertz CT molecular complexity index is 1200. The van der Waals surface area contributed by atoms with E-state index in [0.717, 1.165) is 42.0 Å². The van der Waals surface area contributed by atoms with Crippen molar-refractivity contribution in [1.82, 2.24) is 14.7 Å². The van der Waals surface area contributed by atoms with Gasteiger partial charge in [0.25, 0.3) is 0 Å². The van der Waals surface area contributed by atoms with Gasteiger partial charge in [-0.05, 0) is 35.3 Å². The Morgan fingerprint density at radius 3 is 2.69 bits per heavy atom. The van der Waals surface area contributed by atoms with E-state index in [9.17, 15) is 0 Å². The van der Waals surface area contributed by atoms with Crippen molar-refractivity contribution in [1.29, 1.82) is 0 Å². The van der Waals surface area contributed by atoms with Gasteiger partial charge in [0.15, 0.2) is 5.82 Å². The Labute approximate surface area is 177 Å². The second kappa shape index (κ2) is 7.74. The number of anilines is 2. The predicted octanol–water partition coefficient (Wildman–Crippen LogP) is 4.93. The third-order valence-electron chi connectivity index (χ3n) is 5.06. The Kier molecular flexibility index (Phi) is 5.29. The topological polar surface area (TPSA) is 67.1 Å². The summed E-state index contributed by atoms with van der Waals surface area (Å²) in [5, 5.41) is 6.19. The second-order valence-electron chi connectivity index (χ2n) is 6.78. The number of hydrogen-bond donors (Lipinski definition) is 2. The van der Waals surface area contributed by atoms with Crippen LogP contribution in [-0.4, -0.2) is 35.5 Å². The van der Waals surface area contributed by atoms with Gasteiger partial charge in [0, 0.05) is 42.5 Å². The summed E-state index contributed by atoms with van der Waals surface area (Å²) in [4.78, 5) is 6.56. The van der Waals surface area contributed by atoms with Gasteiger partial charge >= 0.3 is 0 Å². The molecule has 2 aromatic carbocycles. The first-order valence-corrected chi connectivity index (χ1v) is 10.2. The Balaban J connectivity index is 0.00000205. The number of piperazine rings is 1. The molecule has 0 atom stereocenters. The van der Waals surface area contributed by atoms with Crippen molar-refractivity contribution < 1.29 is 4.39 Å². The van der Waals surface area contributed by atoms with Crippen LogP contribution in [0.1, 0.15) is 7.43 Å². The van der Waals surface area contributed by atoms with Crippen LogP contribution >= 0.6 is 23.1 Å². The summed E-state index contributed by atoms with van der Waals surface area (Å²) in [6, 6.07) is 11.0. The normalized spacial score (nSPS) is 14.3. The third-order valence-corrected chi connectivity index (χ3v) is 6.28. The van der Waals surface area contributed by atoms with Crippen LogP contribution in [0.25, 0.3) is 32.9 Å². The first-order valence-electron chi connectivity index (χ1n) is 9.02. The van der Waals surface area contributed by atoms with E-state index in [1.54, 1.807) is 6.07 Å². The number of aromatic nitrogens is 2. The highest BCUT2D eigenvalue weighted by molar-refractivity contribution is 7.11. The van der Waals surface area contributed by atoms with Gasteiger partial charge in [-0.1, -0.05) is 37.2 Å². The standard InChI is InChI=1S/C20H17ClFN5S.CH4/c21-14-9-13-19(26-28-20(13)27-7-5-24-6-8-27)18(22)17(14)12-10-16(23)25-15-4-2-1-3-11(12)15;/h1-4,9-10,24H,5-8H2,(H2,23,25);1H4. The van der Waals surface area contributed by atoms with E-state index in [-0.39, 0.29) is 7.43 Å². The quantitative estimate of drug-likeness (QED) is 0.472. The highest BCUT2D eigenvalue weighted by Crippen LogP contribution is 2.42. The third kappa shape index (κ3) is 3.29. The largest absolute Gasteiger partial charge is 0.384 e. The van der Waals surface area contributed by atoms with Gasteiger partial charge in [0.1, 0.15) is 16.3 Å². The fourth-order valence-electron chi connectivity index (χ4n) is 3.74. The van der Waals surface area contributed by atoms with E-state index in [4.69, 9.17) is 17.3 Å². The molecule has 0 spiro atoms. The zero-order chi connectivity index (χ0) is 19.3. The molecule has 2 aromatic heterocycles. The average Bonchev–Trinajstić information content (AvgIpc) is 3.12. The number of hydrogen-bond acceptors (Lipinski definition) is 6. The molecule has 8 heteroatoms. The van der Waals surface area contributed by atoms with Crippen LogP contribution < -0.4 is 16.0 Å². The fourth-order valence-corrected chi connectivity index (χ4v) is 4.95. The molecule has 0 amide bonds. The highest BCUT2D eigenvalue weighted by Gasteiger charge is 2.23. The molecule has 150 valence electrons. The molecule has 5 rings (SSSR count). The summed E-state index contributed by atoms with van der Waals surface area (Å²) in [5.41, 5.74) is 7.97. The van der Waals surface area contributed by atoms with E-state index in [2.05, 4.69) is 19.6 Å². The van der Waals surface area contributed by atoms with Crippen molar-refractivity contribution in [2.45, 2.75) is 7.43 Å². The molecule has 0 radical (unpaired) electrons. The Hall–Kier alpha value is -2.48. The average molecular weight is 430 g/mol. The molecule has 1 saturated heterocycles. The van der Waals surface area contributed by atoms with E-state index in [1.807, 2.05) is 30.3 Å². The van der Waals surface area contributed by atoms with E-state index < -0.39 is 5.82 Å². The zero-order valence-electron chi connectivity index (χ0n) is 14.9. The fraction of sp³-hybridized carbons (Fsp3) is 0.238. The van der Waals surface area contributed by atoms with E-state index in [1.165, 1.54) is 11.5 Å². The van der Waals surface area contributed by atoms with Crippen molar-refractivity contribution in [3.8, 4) is 11.1 Å². The minimum Gasteiger partial charge on any atom is -0.384 e. The lowest BCUT2D eigenvalue weighted by atomic mass is 9.99. The number of rotatable bonds is 2. The van der Waals surface area contributed by atoms with Gasteiger partial charge in [0.2, 0.25) is 0 Å². The molecule has 0 unspecified atom stereocenters.